The highest BCUT2D eigenvalue weighted by Crippen LogP contribution is 2.25. The average molecular weight is 325 g/mol. The molecule has 1 atom stereocenters. The van der Waals surface area contributed by atoms with Crippen LogP contribution in [0.5, 0.6) is 0 Å². The first-order chi connectivity index (χ1) is 10.7. The molecule has 0 spiro atoms. The number of carbonyl (C=O) groups is 3. The van der Waals surface area contributed by atoms with Gasteiger partial charge in [-0.1, -0.05) is 46.5 Å². The van der Waals surface area contributed by atoms with E-state index >= 15 is 0 Å². The second kappa shape index (κ2) is 9.04. The molecule has 0 bridgehead atoms. The van der Waals surface area contributed by atoms with Gasteiger partial charge in [0.2, 0.25) is 5.78 Å². The number of hydrogen-bond acceptors (Lipinski definition) is 3. The van der Waals surface area contributed by atoms with Crippen molar-refractivity contribution in [3.8, 4) is 0 Å². The summed E-state index contributed by atoms with van der Waals surface area (Å²) in [6, 6.07) is 0.202. The zero-order chi connectivity index (χ0) is 17.5. The Morgan fingerprint density at radius 2 is 1.65 bits per heavy atom. The monoisotopic (exact) mass is 325 g/mol. The molecule has 0 aliphatic carbocycles. The molecule has 0 saturated carbocycles. The molecule has 1 aliphatic heterocycles. The van der Waals surface area contributed by atoms with Crippen LogP contribution in [-0.2, 0) is 14.4 Å². The smallest absolute Gasteiger partial charge is 0.303 e. The van der Waals surface area contributed by atoms with Gasteiger partial charge in [0.1, 0.15) is 0 Å². The van der Waals surface area contributed by atoms with Crippen LogP contribution in [0.3, 0.4) is 0 Å². The number of nitrogens with zero attached hydrogens (tertiary/aromatic N) is 1. The van der Waals surface area contributed by atoms with Crippen molar-refractivity contribution in [2.75, 3.05) is 6.54 Å². The highest BCUT2D eigenvalue weighted by atomic mass is 16.4. The Bertz CT molecular complexity index is 425. The van der Waals surface area contributed by atoms with Crippen LogP contribution in [0, 0.1) is 5.41 Å². The third-order valence-electron chi connectivity index (χ3n) is 4.44. The number of carboxylic acid groups (broad SMARTS) is 1. The Morgan fingerprint density at radius 1 is 1.04 bits per heavy atom. The molecule has 1 rings (SSSR count). The third-order valence-corrected chi connectivity index (χ3v) is 4.44. The first-order valence-electron chi connectivity index (χ1n) is 8.80. The molecule has 1 saturated heterocycles. The van der Waals surface area contributed by atoms with Gasteiger partial charge < -0.3 is 10.0 Å². The molecule has 0 radical (unpaired) electrons. The second-order valence-electron chi connectivity index (χ2n) is 7.57. The summed E-state index contributed by atoms with van der Waals surface area (Å²) < 4.78 is 0. The van der Waals surface area contributed by atoms with E-state index in [9.17, 15) is 14.4 Å². The highest BCUT2D eigenvalue weighted by molar-refractivity contribution is 6.37. The van der Waals surface area contributed by atoms with Crippen LogP contribution in [0.4, 0.5) is 0 Å². The van der Waals surface area contributed by atoms with Gasteiger partial charge in [0.15, 0.2) is 0 Å². The van der Waals surface area contributed by atoms with Crippen molar-refractivity contribution in [3.63, 3.8) is 0 Å². The predicted octanol–water partition coefficient (Wildman–Crippen LogP) is 3.41. The predicted molar refractivity (Wildman–Crippen MR) is 89.2 cm³/mol. The van der Waals surface area contributed by atoms with E-state index in [1.54, 1.807) is 25.7 Å². The number of Topliss-reactive ketones (excluding diaryl/α,β-unsaturated/α-hetero) is 1. The van der Waals surface area contributed by atoms with Crippen molar-refractivity contribution < 1.29 is 19.5 Å². The van der Waals surface area contributed by atoms with Gasteiger partial charge in [0.05, 0.1) is 0 Å². The first-order valence-corrected chi connectivity index (χ1v) is 8.80. The van der Waals surface area contributed by atoms with E-state index in [0.717, 1.165) is 51.4 Å². The fourth-order valence-corrected chi connectivity index (χ4v) is 3.04. The summed E-state index contributed by atoms with van der Waals surface area (Å²) in [5, 5.41) is 8.58. The Morgan fingerprint density at radius 3 is 2.26 bits per heavy atom. The highest BCUT2D eigenvalue weighted by Gasteiger charge is 2.36. The number of hydrogen-bond donors (Lipinski definition) is 1. The van der Waals surface area contributed by atoms with E-state index in [1.165, 1.54) is 0 Å². The lowest BCUT2D eigenvalue weighted by molar-refractivity contribution is -0.149. The normalized spacial score (nSPS) is 18.2. The van der Waals surface area contributed by atoms with Crippen LogP contribution < -0.4 is 0 Å². The van der Waals surface area contributed by atoms with Gasteiger partial charge in [-0.15, -0.1) is 0 Å². The number of carbonyl (C=O) groups excluding carboxylic acids is 2. The van der Waals surface area contributed by atoms with Crippen molar-refractivity contribution in [2.45, 2.75) is 84.6 Å². The van der Waals surface area contributed by atoms with E-state index in [2.05, 4.69) is 0 Å². The van der Waals surface area contributed by atoms with Gasteiger partial charge in [-0.05, 0) is 25.7 Å². The van der Waals surface area contributed by atoms with Crippen molar-refractivity contribution in [1.29, 1.82) is 0 Å². The Hall–Kier alpha value is -1.39. The van der Waals surface area contributed by atoms with Gasteiger partial charge in [-0.3, -0.25) is 14.4 Å². The summed E-state index contributed by atoms with van der Waals surface area (Å²) in [6.07, 6.45) is 7.98. The summed E-state index contributed by atoms with van der Waals surface area (Å²) >= 11 is 0. The molecule has 1 amide bonds. The summed E-state index contributed by atoms with van der Waals surface area (Å²) in [5.74, 6) is -1.34. The minimum atomic E-state index is -0.728. The second-order valence-corrected chi connectivity index (χ2v) is 7.57. The maximum atomic E-state index is 12.4. The maximum Gasteiger partial charge on any atom is 0.303 e. The van der Waals surface area contributed by atoms with Crippen molar-refractivity contribution in [1.82, 2.24) is 4.90 Å². The molecule has 0 aromatic rings. The SMILES string of the molecule is CC(C)(C)C(=O)C(=O)N1CCCC1CCCCCCCC(=O)O. The summed E-state index contributed by atoms with van der Waals surface area (Å²) in [4.78, 5) is 36.7. The van der Waals surface area contributed by atoms with Gasteiger partial charge in [0.25, 0.3) is 5.91 Å². The quantitative estimate of drug-likeness (QED) is 0.521. The molecule has 132 valence electrons. The average Bonchev–Trinajstić information content (AvgIpc) is 2.91. The van der Waals surface area contributed by atoms with E-state index < -0.39 is 11.4 Å². The number of amides is 1. The topological polar surface area (TPSA) is 74.7 Å². The van der Waals surface area contributed by atoms with E-state index in [4.69, 9.17) is 5.11 Å². The van der Waals surface area contributed by atoms with Gasteiger partial charge >= 0.3 is 5.97 Å². The summed E-state index contributed by atoms with van der Waals surface area (Å²) in [5.41, 5.74) is -0.617. The minimum Gasteiger partial charge on any atom is -0.481 e. The molecule has 1 heterocycles. The van der Waals surface area contributed by atoms with Crippen LogP contribution in [0.25, 0.3) is 0 Å². The molecule has 1 fully saturated rings. The standard InChI is InChI=1S/C18H31NO4/c1-18(2,3)16(22)17(23)19-13-9-11-14(19)10-7-5-4-6-8-12-15(20)21/h14H,4-13H2,1-3H3,(H,20,21). The van der Waals surface area contributed by atoms with Gasteiger partial charge in [0, 0.05) is 24.4 Å². The van der Waals surface area contributed by atoms with E-state index in [0.29, 0.717) is 6.54 Å². The van der Waals surface area contributed by atoms with E-state index in [-0.39, 0.29) is 24.2 Å². The lowest BCUT2D eigenvalue weighted by Crippen LogP contribution is -2.44. The minimum absolute atomic E-state index is 0.202. The molecule has 5 nitrogen and oxygen atoms in total. The lowest BCUT2D eigenvalue weighted by atomic mass is 9.90. The molecule has 1 aliphatic rings. The lowest BCUT2D eigenvalue weighted by Gasteiger charge is -2.27. The van der Waals surface area contributed by atoms with E-state index in [1.807, 2.05) is 0 Å². The molecule has 1 unspecified atom stereocenters. The van der Waals surface area contributed by atoms with Crippen LogP contribution in [0.1, 0.15) is 78.6 Å². The Labute approximate surface area is 139 Å². The fourth-order valence-electron chi connectivity index (χ4n) is 3.04. The van der Waals surface area contributed by atoms with Crippen LogP contribution in [0.15, 0.2) is 0 Å². The van der Waals surface area contributed by atoms with Crippen molar-refractivity contribution >= 4 is 17.7 Å². The summed E-state index contributed by atoms with van der Waals surface area (Å²) in [6.45, 7) is 6.06. The molecule has 0 aromatic heterocycles. The zero-order valence-corrected chi connectivity index (χ0v) is 14.8. The number of unbranched alkanes of at least 4 members (excludes halogenated alkanes) is 4. The molecular formula is C18H31NO4. The Balaban J connectivity index is 2.29. The third kappa shape index (κ3) is 6.71. The van der Waals surface area contributed by atoms with Crippen LogP contribution in [0.2, 0.25) is 0 Å². The number of rotatable bonds is 9. The molecule has 0 aromatic carbocycles. The molecule has 5 heteroatoms. The number of ketones is 1. The molecular weight excluding hydrogens is 294 g/mol. The fraction of sp³-hybridized carbons (Fsp3) is 0.833. The zero-order valence-electron chi connectivity index (χ0n) is 14.8. The van der Waals surface area contributed by atoms with Crippen molar-refractivity contribution in [3.05, 3.63) is 0 Å². The summed E-state index contributed by atoms with van der Waals surface area (Å²) in [7, 11) is 0. The van der Waals surface area contributed by atoms with Crippen LogP contribution in [-0.4, -0.2) is 40.3 Å². The number of likely N-dealkylation sites (tertiary alicyclic amines) is 1. The number of carboxylic acids is 1. The molecule has 23 heavy (non-hydrogen) atoms. The van der Waals surface area contributed by atoms with Gasteiger partial charge in [-0.25, -0.2) is 0 Å². The van der Waals surface area contributed by atoms with Crippen molar-refractivity contribution in [2.24, 2.45) is 5.41 Å². The number of aliphatic carboxylic acids is 1. The Kier molecular flexibility index (Phi) is 7.73. The van der Waals surface area contributed by atoms with Gasteiger partial charge in [-0.2, -0.15) is 0 Å². The largest absolute Gasteiger partial charge is 0.481 e. The van der Waals surface area contributed by atoms with Crippen LogP contribution >= 0.6 is 0 Å². The first kappa shape index (κ1) is 19.7. The maximum absolute atomic E-state index is 12.4. The molecule has 1 N–H and O–H groups in total.